The summed E-state index contributed by atoms with van der Waals surface area (Å²) in [4.78, 5) is 13.6. The number of aromatic nitrogens is 3. The monoisotopic (exact) mass is 568 g/mol. The Kier molecular flexibility index (Phi) is 7.59. The normalized spacial score (nSPS) is 20.6. The lowest BCUT2D eigenvalue weighted by Gasteiger charge is -2.43. The van der Waals surface area contributed by atoms with Crippen molar-refractivity contribution >= 4 is 21.1 Å². The second-order valence-electron chi connectivity index (χ2n) is 9.95. The van der Waals surface area contributed by atoms with Crippen LogP contribution in [-0.4, -0.2) is 94.9 Å². The number of piperazine rings is 1. The third-order valence-corrected chi connectivity index (χ3v) is 9.39. The second kappa shape index (κ2) is 10.7. The minimum atomic E-state index is -4.32. The summed E-state index contributed by atoms with van der Waals surface area (Å²) in [5.74, 6) is 0. The number of hydrogen-bond acceptors (Lipinski definition) is 6. The van der Waals surface area contributed by atoms with Gasteiger partial charge >= 0.3 is 6.18 Å². The molecule has 5 rings (SSSR count). The predicted octanol–water partition coefficient (Wildman–Crippen LogP) is 2.22. The Morgan fingerprint density at radius 2 is 1.82 bits per heavy atom. The summed E-state index contributed by atoms with van der Waals surface area (Å²) in [5, 5.41) is 5.24. The molecule has 1 aromatic carbocycles. The third-order valence-electron chi connectivity index (χ3n) is 7.39. The van der Waals surface area contributed by atoms with Crippen molar-refractivity contribution in [2.75, 3.05) is 52.5 Å². The van der Waals surface area contributed by atoms with Gasteiger partial charge in [-0.1, -0.05) is 0 Å². The minimum absolute atomic E-state index is 0.0405. The van der Waals surface area contributed by atoms with Crippen LogP contribution in [0.2, 0.25) is 0 Å². The fourth-order valence-corrected chi connectivity index (χ4v) is 6.82. The second-order valence-corrected chi connectivity index (χ2v) is 11.9. The highest BCUT2D eigenvalue weighted by Crippen LogP contribution is 2.34. The number of alkyl halides is 3. The zero-order chi connectivity index (χ0) is 27.9. The Morgan fingerprint density at radius 1 is 1.08 bits per heavy atom. The first kappa shape index (κ1) is 27.8. The van der Waals surface area contributed by atoms with Crippen molar-refractivity contribution in [3.8, 4) is 5.69 Å². The molecule has 1 unspecified atom stereocenters. The van der Waals surface area contributed by atoms with Crippen molar-refractivity contribution in [2.45, 2.75) is 25.6 Å². The van der Waals surface area contributed by atoms with Gasteiger partial charge in [0.2, 0.25) is 5.56 Å². The van der Waals surface area contributed by atoms with E-state index in [1.54, 1.807) is 35.1 Å². The summed E-state index contributed by atoms with van der Waals surface area (Å²) in [6, 6.07) is 6.34. The van der Waals surface area contributed by atoms with Crippen LogP contribution < -0.4 is 5.56 Å². The molecule has 2 saturated heterocycles. The number of morpholine rings is 1. The van der Waals surface area contributed by atoms with Crippen molar-refractivity contribution in [3.05, 3.63) is 58.1 Å². The van der Waals surface area contributed by atoms with Gasteiger partial charge in [-0.3, -0.25) is 9.69 Å². The molecule has 4 heterocycles. The molecular formula is C25H31F3N6O4S. The molecule has 10 nitrogen and oxygen atoms in total. The van der Waals surface area contributed by atoms with Crippen LogP contribution >= 0.6 is 0 Å². The van der Waals surface area contributed by atoms with E-state index >= 15 is 0 Å². The third kappa shape index (κ3) is 5.75. The van der Waals surface area contributed by atoms with E-state index in [1.165, 1.54) is 19.2 Å². The fraction of sp³-hybridized carbons (Fsp3) is 0.520. The maximum Gasteiger partial charge on any atom is 0.390 e. The van der Waals surface area contributed by atoms with E-state index in [4.69, 9.17) is 4.74 Å². The van der Waals surface area contributed by atoms with Crippen molar-refractivity contribution in [1.29, 1.82) is 0 Å². The van der Waals surface area contributed by atoms with E-state index in [1.807, 2.05) is 19.1 Å². The molecule has 2 aliphatic rings. The average Bonchev–Trinajstić information content (AvgIpc) is 3.31. The quantitative estimate of drug-likeness (QED) is 0.453. The fourth-order valence-electron chi connectivity index (χ4n) is 5.24. The zero-order valence-electron chi connectivity index (χ0n) is 21.8. The van der Waals surface area contributed by atoms with Crippen LogP contribution in [0.3, 0.4) is 0 Å². The molecule has 14 heteroatoms. The minimum Gasteiger partial charge on any atom is -0.379 e. The molecule has 0 bridgehead atoms. The lowest BCUT2D eigenvalue weighted by molar-refractivity contribution is -0.140. The molecule has 212 valence electrons. The van der Waals surface area contributed by atoms with Crippen molar-refractivity contribution in [2.24, 2.45) is 7.05 Å². The molecule has 1 atom stereocenters. The highest BCUT2D eigenvalue weighted by Gasteiger charge is 2.39. The van der Waals surface area contributed by atoms with Crippen molar-refractivity contribution < 1.29 is 26.3 Å². The summed E-state index contributed by atoms with van der Waals surface area (Å²) in [6.07, 6.45) is -1.97. The van der Waals surface area contributed by atoms with E-state index in [9.17, 15) is 26.4 Å². The van der Waals surface area contributed by atoms with E-state index in [0.29, 0.717) is 18.9 Å². The summed E-state index contributed by atoms with van der Waals surface area (Å²) in [6.45, 7) is 3.08. The van der Waals surface area contributed by atoms with Crippen LogP contribution in [0.15, 0.2) is 41.5 Å². The number of halogens is 3. The van der Waals surface area contributed by atoms with Crippen LogP contribution in [0.5, 0.6) is 0 Å². The highest BCUT2D eigenvalue weighted by atomic mass is 32.2. The number of ether oxygens (including phenoxy) is 1. The molecule has 2 aromatic heterocycles. The van der Waals surface area contributed by atoms with Gasteiger partial charge < -0.3 is 9.30 Å². The number of hydrogen-bond donors (Lipinski definition) is 0. The maximum atomic E-state index is 13.4. The number of aryl methyl sites for hydroxylation is 2. The van der Waals surface area contributed by atoms with Gasteiger partial charge in [0.15, 0.2) is 0 Å². The van der Waals surface area contributed by atoms with Gasteiger partial charge in [0, 0.05) is 70.0 Å². The molecule has 0 amide bonds. The summed E-state index contributed by atoms with van der Waals surface area (Å²) < 4.78 is 77.5. The molecular weight excluding hydrogens is 537 g/mol. The first-order chi connectivity index (χ1) is 18.4. The lowest BCUT2D eigenvalue weighted by atomic mass is 9.96. The largest absolute Gasteiger partial charge is 0.390 e. The molecule has 0 spiro atoms. The predicted molar refractivity (Wildman–Crippen MR) is 139 cm³/mol. The van der Waals surface area contributed by atoms with Crippen LogP contribution in [0.1, 0.15) is 23.6 Å². The summed E-state index contributed by atoms with van der Waals surface area (Å²) in [5.41, 5.74) is 2.87. The Morgan fingerprint density at radius 3 is 2.51 bits per heavy atom. The van der Waals surface area contributed by atoms with Crippen LogP contribution in [0, 0.1) is 6.92 Å². The van der Waals surface area contributed by atoms with Gasteiger partial charge in [-0.15, -0.1) is 0 Å². The Labute approximate surface area is 224 Å². The SMILES string of the molecule is Cc1cc2c(cnn2-c2ccc(=O)n(C)c2)cc1C1CN(S(=O)(=O)N2CCOCC2)CCN1CCC(F)(F)F. The number of pyridine rings is 1. The molecule has 0 saturated carbocycles. The zero-order valence-corrected chi connectivity index (χ0v) is 22.6. The Hall–Kier alpha value is -2.78. The van der Waals surface area contributed by atoms with Crippen LogP contribution in [0.4, 0.5) is 13.2 Å². The van der Waals surface area contributed by atoms with E-state index in [2.05, 4.69) is 5.10 Å². The number of nitrogens with zero attached hydrogens (tertiary/aromatic N) is 6. The van der Waals surface area contributed by atoms with Crippen molar-refractivity contribution in [1.82, 2.24) is 27.9 Å². The van der Waals surface area contributed by atoms with E-state index in [-0.39, 0.29) is 44.8 Å². The van der Waals surface area contributed by atoms with Gasteiger partial charge in [0.05, 0.1) is 37.0 Å². The number of rotatable bonds is 6. The van der Waals surface area contributed by atoms with Gasteiger partial charge in [-0.05, 0) is 36.2 Å². The summed E-state index contributed by atoms with van der Waals surface area (Å²) >= 11 is 0. The topological polar surface area (TPSA) is 92.9 Å². The highest BCUT2D eigenvalue weighted by molar-refractivity contribution is 7.86. The standard InChI is InChI=1S/C25H31F3N6O4S/c1-18-13-22-19(15-29-34(22)20-3-4-24(35)30(2)16-20)14-21(18)23-17-33(8-7-31(23)6-5-25(26,27)28)39(36,37)32-9-11-38-12-10-32/h3-4,13-16,23H,5-12,17H2,1-2H3. The van der Waals surface area contributed by atoms with Gasteiger partial charge in [0.1, 0.15) is 0 Å². The number of benzene rings is 1. The molecule has 0 aliphatic carbocycles. The molecule has 2 aliphatic heterocycles. The van der Waals surface area contributed by atoms with Gasteiger partial charge in [-0.25, -0.2) is 4.68 Å². The first-order valence-electron chi connectivity index (χ1n) is 12.7. The van der Waals surface area contributed by atoms with Crippen LogP contribution in [-0.2, 0) is 22.0 Å². The van der Waals surface area contributed by atoms with Gasteiger partial charge in [0.25, 0.3) is 10.2 Å². The summed E-state index contributed by atoms with van der Waals surface area (Å²) in [7, 11) is -2.15. The molecule has 0 N–H and O–H groups in total. The van der Waals surface area contributed by atoms with Gasteiger partial charge in [-0.2, -0.15) is 35.3 Å². The Bertz CT molecular complexity index is 1510. The lowest BCUT2D eigenvalue weighted by Crippen LogP contribution is -2.56. The first-order valence-corrected chi connectivity index (χ1v) is 14.1. The smallest absolute Gasteiger partial charge is 0.379 e. The van der Waals surface area contributed by atoms with Crippen LogP contribution in [0.25, 0.3) is 16.6 Å². The molecule has 0 radical (unpaired) electrons. The van der Waals surface area contributed by atoms with Crippen molar-refractivity contribution in [3.63, 3.8) is 0 Å². The Balaban J connectivity index is 1.50. The molecule has 2 fully saturated rings. The number of fused-ring (bicyclic) bond motifs is 1. The maximum absolute atomic E-state index is 13.4. The molecule has 39 heavy (non-hydrogen) atoms. The van der Waals surface area contributed by atoms with E-state index < -0.39 is 28.8 Å². The van der Waals surface area contributed by atoms with E-state index in [0.717, 1.165) is 22.0 Å². The average molecular weight is 569 g/mol. The molecule has 3 aromatic rings.